The van der Waals surface area contributed by atoms with Crippen molar-refractivity contribution in [1.82, 2.24) is 5.32 Å². The number of nitriles is 1. The molecule has 5 nitrogen and oxygen atoms in total. The molecule has 1 N–H and O–H groups in total. The van der Waals surface area contributed by atoms with Crippen molar-refractivity contribution < 1.29 is 14.3 Å². The number of benzene rings is 1. The molecular weight excluding hydrogens is 300 g/mol. The van der Waals surface area contributed by atoms with Crippen LogP contribution in [0.3, 0.4) is 0 Å². The number of rotatable bonds is 6. The molecule has 0 fully saturated rings. The van der Waals surface area contributed by atoms with Gasteiger partial charge in [0.25, 0.3) is 5.91 Å². The number of carbonyl (C=O) groups is 2. The van der Waals surface area contributed by atoms with E-state index in [1.807, 2.05) is 6.07 Å². The van der Waals surface area contributed by atoms with E-state index in [1.165, 1.54) is 0 Å². The molecule has 1 aromatic carbocycles. The van der Waals surface area contributed by atoms with Gasteiger partial charge < -0.3 is 10.1 Å². The second kappa shape index (κ2) is 7.45. The lowest BCUT2D eigenvalue weighted by atomic mass is 10.2. The number of hydrogen-bond acceptors (Lipinski definition) is 4. The van der Waals surface area contributed by atoms with E-state index < -0.39 is 0 Å². The van der Waals surface area contributed by atoms with Crippen LogP contribution in [0.4, 0.5) is 0 Å². The summed E-state index contributed by atoms with van der Waals surface area (Å²) in [7, 11) is 0. The minimum absolute atomic E-state index is 0.147. The van der Waals surface area contributed by atoms with Crippen LogP contribution in [0.15, 0.2) is 22.7 Å². The predicted molar refractivity (Wildman–Crippen MR) is 68.3 cm³/mol. The topological polar surface area (TPSA) is 79.2 Å². The van der Waals surface area contributed by atoms with Crippen LogP contribution < -0.4 is 10.1 Å². The molecule has 1 aromatic rings. The third-order valence-electron chi connectivity index (χ3n) is 2.02. The molecule has 0 heterocycles. The molecule has 6 heteroatoms. The van der Waals surface area contributed by atoms with E-state index in [9.17, 15) is 9.59 Å². The van der Waals surface area contributed by atoms with Gasteiger partial charge in [-0.05, 0) is 18.2 Å². The molecule has 94 valence electrons. The van der Waals surface area contributed by atoms with Crippen molar-refractivity contribution in [2.75, 3.05) is 13.2 Å². The van der Waals surface area contributed by atoms with Gasteiger partial charge in [0.05, 0.1) is 12.5 Å². The number of nitrogens with one attached hydrogen (secondary N) is 1. The highest BCUT2D eigenvalue weighted by molar-refractivity contribution is 9.10. The zero-order chi connectivity index (χ0) is 13.4. The average Bonchev–Trinajstić information content (AvgIpc) is 2.38. The Morgan fingerprint density at radius 3 is 3.00 bits per heavy atom. The number of hydrogen-bond donors (Lipinski definition) is 1. The lowest BCUT2D eigenvalue weighted by Gasteiger charge is -2.07. The monoisotopic (exact) mass is 310 g/mol. The SMILES string of the molecule is N#CCCNC(=O)COc1ccc(Br)c(C=O)c1. The maximum absolute atomic E-state index is 11.3. The van der Waals surface area contributed by atoms with Gasteiger partial charge in [0.1, 0.15) is 5.75 Å². The summed E-state index contributed by atoms with van der Waals surface area (Å²) >= 11 is 3.22. The highest BCUT2D eigenvalue weighted by atomic mass is 79.9. The summed E-state index contributed by atoms with van der Waals surface area (Å²) in [5.41, 5.74) is 0.456. The molecule has 0 unspecified atom stereocenters. The van der Waals surface area contributed by atoms with Crippen molar-refractivity contribution in [2.24, 2.45) is 0 Å². The van der Waals surface area contributed by atoms with E-state index in [4.69, 9.17) is 10.00 Å². The maximum atomic E-state index is 11.3. The molecule has 0 bridgehead atoms. The molecule has 0 aliphatic heterocycles. The van der Waals surface area contributed by atoms with Crippen LogP contribution in [-0.4, -0.2) is 25.3 Å². The summed E-state index contributed by atoms with van der Waals surface area (Å²) in [4.78, 5) is 22.0. The van der Waals surface area contributed by atoms with Crippen LogP contribution >= 0.6 is 15.9 Å². The third kappa shape index (κ3) is 4.55. The Hall–Kier alpha value is -1.87. The van der Waals surface area contributed by atoms with Gasteiger partial charge in [-0.15, -0.1) is 0 Å². The first-order valence-corrected chi connectivity index (χ1v) is 5.98. The van der Waals surface area contributed by atoms with Crippen molar-refractivity contribution in [3.63, 3.8) is 0 Å². The molecule has 0 spiro atoms. The molecule has 0 aromatic heterocycles. The maximum Gasteiger partial charge on any atom is 0.257 e. The molecule has 0 radical (unpaired) electrons. The summed E-state index contributed by atoms with van der Waals surface area (Å²) in [5, 5.41) is 10.8. The molecular formula is C12H11BrN2O3. The number of nitrogens with zero attached hydrogens (tertiary/aromatic N) is 1. The molecule has 18 heavy (non-hydrogen) atoms. The second-order valence-electron chi connectivity index (χ2n) is 3.35. The number of carbonyl (C=O) groups excluding carboxylic acids is 2. The lowest BCUT2D eigenvalue weighted by molar-refractivity contribution is -0.123. The summed E-state index contributed by atoms with van der Waals surface area (Å²) < 4.78 is 5.89. The van der Waals surface area contributed by atoms with Gasteiger partial charge >= 0.3 is 0 Å². The lowest BCUT2D eigenvalue weighted by Crippen LogP contribution is -2.29. The fourth-order valence-corrected chi connectivity index (χ4v) is 1.50. The molecule has 1 rings (SSSR count). The molecule has 0 saturated heterocycles. The molecule has 0 atom stereocenters. The Morgan fingerprint density at radius 1 is 1.56 bits per heavy atom. The third-order valence-corrected chi connectivity index (χ3v) is 2.75. The summed E-state index contributed by atoms with van der Waals surface area (Å²) in [6, 6.07) is 6.79. The summed E-state index contributed by atoms with van der Waals surface area (Å²) in [5.74, 6) is 0.136. The highest BCUT2D eigenvalue weighted by Crippen LogP contribution is 2.20. The van der Waals surface area contributed by atoms with E-state index in [-0.39, 0.29) is 18.9 Å². The van der Waals surface area contributed by atoms with Crippen molar-refractivity contribution in [2.45, 2.75) is 6.42 Å². The first-order chi connectivity index (χ1) is 8.67. The molecule has 1 amide bonds. The smallest absolute Gasteiger partial charge is 0.257 e. The molecule has 0 aliphatic rings. The van der Waals surface area contributed by atoms with Crippen LogP contribution in [0.25, 0.3) is 0 Å². The van der Waals surface area contributed by atoms with Gasteiger partial charge in [-0.2, -0.15) is 5.26 Å². The highest BCUT2D eigenvalue weighted by Gasteiger charge is 2.04. The molecule has 0 saturated carbocycles. The van der Waals surface area contributed by atoms with Crippen LogP contribution in [0, 0.1) is 11.3 Å². The van der Waals surface area contributed by atoms with E-state index in [1.54, 1.807) is 18.2 Å². The van der Waals surface area contributed by atoms with Gasteiger partial charge in [0.2, 0.25) is 0 Å². The Bertz CT molecular complexity index is 483. The van der Waals surface area contributed by atoms with E-state index in [2.05, 4.69) is 21.2 Å². The van der Waals surface area contributed by atoms with Gasteiger partial charge in [-0.3, -0.25) is 9.59 Å². The first-order valence-electron chi connectivity index (χ1n) is 5.18. The van der Waals surface area contributed by atoms with Crippen LogP contribution in [0.1, 0.15) is 16.8 Å². The quantitative estimate of drug-likeness (QED) is 0.640. The fraction of sp³-hybridized carbons (Fsp3) is 0.250. The van der Waals surface area contributed by atoms with Gasteiger partial charge in [-0.25, -0.2) is 0 Å². The van der Waals surface area contributed by atoms with E-state index >= 15 is 0 Å². The van der Waals surface area contributed by atoms with E-state index in [0.29, 0.717) is 28.6 Å². The van der Waals surface area contributed by atoms with Gasteiger partial charge in [-0.1, -0.05) is 15.9 Å². The Kier molecular flexibility index (Phi) is 5.88. The van der Waals surface area contributed by atoms with Crippen molar-refractivity contribution in [1.29, 1.82) is 5.26 Å². The van der Waals surface area contributed by atoms with Crippen LogP contribution in [0.5, 0.6) is 5.75 Å². The van der Waals surface area contributed by atoms with Gasteiger partial charge in [0.15, 0.2) is 12.9 Å². The van der Waals surface area contributed by atoms with Crippen molar-refractivity contribution in [3.05, 3.63) is 28.2 Å². The minimum atomic E-state index is -0.305. The predicted octanol–water partition coefficient (Wildman–Crippen LogP) is 1.67. The Balaban J connectivity index is 2.46. The Labute approximate surface area is 113 Å². The van der Waals surface area contributed by atoms with Crippen LogP contribution in [-0.2, 0) is 4.79 Å². The van der Waals surface area contributed by atoms with E-state index in [0.717, 1.165) is 0 Å². The number of ether oxygens (including phenoxy) is 1. The second-order valence-corrected chi connectivity index (χ2v) is 4.20. The zero-order valence-electron chi connectivity index (χ0n) is 9.48. The van der Waals surface area contributed by atoms with Crippen molar-refractivity contribution in [3.8, 4) is 11.8 Å². The average molecular weight is 311 g/mol. The first kappa shape index (κ1) is 14.2. The minimum Gasteiger partial charge on any atom is -0.484 e. The number of aldehydes is 1. The van der Waals surface area contributed by atoms with Crippen molar-refractivity contribution >= 4 is 28.1 Å². The van der Waals surface area contributed by atoms with Crippen LogP contribution in [0.2, 0.25) is 0 Å². The molecule has 0 aliphatic carbocycles. The number of amides is 1. The largest absolute Gasteiger partial charge is 0.484 e. The standard InChI is InChI=1S/C12H11BrN2O3/c13-11-3-2-10(6-9(11)7-16)18-8-12(17)15-5-1-4-14/h2-3,6-7H,1,5,8H2,(H,15,17). The number of halogens is 1. The summed E-state index contributed by atoms with van der Waals surface area (Å²) in [6.07, 6.45) is 0.962. The Morgan fingerprint density at radius 2 is 2.33 bits per heavy atom. The van der Waals surface area contributed by atoms with Gasteiger partial charge in [0, 0.05) is 16.6 Å². The normalized spacial score (nSPS) is 9.33. The summed E-state index contributed by atoms with van der Waals surface area (Å²) in [6.45, 7) is 0.157. The fourth-order valence-electron chi connectivity index (χ4n) is 1.16. The zero-order valence-corrected chi connectivity index (χ0v) is 11.1.